The topological polar surface area (TPSA) is 52.6 Å². The van der Waals surface area contributed by atoms with Crippen LogP contribution < -0.4 is 0 Å². The van der Waals surface area contributed by atoms with Gasteiger partial charge in [-0.05, 0) is 18.8 Å². The van der Waals surface area contributed by atoms with Crippen LogP contribution in [0.1, 0.15) is 78.6 Å². The molecule has 0 saturated carbocycles. The lowest BCUT2D eigenvalue weighted by molar-refractivity contribution is -0.140. The van der Waals surface area contributed by atoms with Gasteiger partial charge < -0.3 is 9.47 Å². The van der Waals surface area contributed by atoms with Gasteiger partial charge in [-0.15, -0.1) is 0 Å². The first-order valence-corrected chi connectivity index (χ1v) is 9.07. The Hall–Kier alpha value is -1.32. The van der Waals surface area contributed by atoms with Gasteiger partial charge in [0.2, 0.25) is 0 Å². The van der Waals surface area contributed by atoms with E-state index in [2.05, 4.69) is 20.8 Å². The summed E-state index contributed by atoms with van der Waals surface area (Å²) in [5.41, 5.74) is 0. The molecule has 0 aromatic carbocycles. The molecule has 0 aromatic heterocycles. The van der Waals surface area contributed by atoms with Crippen molar-refractivity contribution in [2.24, 2.45) is 5.92 Å². The summed E-state index contributed by atoms with van der Waals surface area (Å²) in [4.78, 5) is 22.8. The standard InChI is InChI=1S/C19H34O4/c1-4-5-6-7-8-9-10-11-15-22-18(20)12-13-19(21)23-16-14-17(2)3/h12-13,17H,4-11,14-16H2,1-3H3. The largest absolute Gasteiger partial charge is 0.463 e. The van der Waals surface area contributed by atoms with Gasteiger partial charge >= 0.3 is 11.9 Å². The van der Waals surface area contributed by atoms with Crippen molar-refractivity contribution < 1.29 is 19.1 Å². The van der Waals surface area contributed by atoms with Gasteiger partial charge in [-0.3, -0.25) is 0 Å². The predicted octanol–water partition coefficient (Wildman–Crippen LogP) is 4.82. The Bertz CT molecular complexity index is 334. The van der Waals surface area contributed by atoms with Gasteiger partial charge in [0.25, 0.3) is 0 Å². The minimum absolute atomic E-state index is 0.383. The first kappa shape index (κ1) is 21.7. The quantitative estimate of drug-likeness (QED) is 0.261. The maximum Gasteiger partial charge on any atom is 0.331 e. The molecule has 0 aliphatic heterocycles. The summed E-state index contributed by atoms with van der Waals surface area (Å²) in [7, 11) is 0. The highest BCUT2D eigenvalue weighted by Gasteiger charge is 2.02. The second-order valence-electron chi connectivity index (χ2n) is 6.33. The molecule has 0 aliphatic rings. The molecule has 0 radical (unpaired) electrons. The Kier molecular flexibility index (Phi) is 14.7. The number of carbonyl (C=O) groups excluding carboxylic acids is 2. The summed E-state index contributed by atoms with van der Waals surface area (Å²) in [6.07, 6.45) is 12.7. The summed E-state index contributed by atoms with van der Waals surface area (Å²) < 4.78 is 10.0. The van der Waals surface area contributed by atoms with Gasteiger partial charge in [0.15, 0.2) is 0 Å². The van der Waals surface area contributed by atoms with Gasteiger partial charge in [-0.1, -0.05) is 65.7 Å². The molecular weight excluding hydrogens is 292 g/mol. The fraction of sp³-hybridized carbons (Fsp3) is 0.789. The maximum absolute atomic E-state index is 11.4. The van der Waals surface area contributed by atoms with Crippen LogP contribution in [0, 0.1) is 5.92 Å². The summed E-state index contributed by atoms with van der Waals surface area (Å²) in [6, 6.07) is 0. The highest BCUT2D eigenvalue weighted by molar-refractivity contribution is 5.91. The zero-order valence-electron chi connectivity index (χ0n) is 15.1. The normalized spacial score (nSPS) is 11.1. The molecule has 0 saturated heterocycles. The van der Waals surface area contributed by atoms with Gasteiger partial charge in [0.1, 0.15) is 0 Å². The van der Waals surface area contributed by atoms with Crippen LogP contribution in [0.3, 0.4) is 0 Å². The SMILES string of the molecule is CCCCCCCCCCOC(=O)C=CC(=O)OCCC(C)C. The van der Waals surface area contributed by atoms with Crippen LogP contribution in [0.15, 0.2) is 12.2 Å². The number of rotatable bonds is 14. The van der Waals surface area contributed by atoms with Gasteiger partial charge in [0.05, 0.1) is 13.2 Å². The number of unbranched alkanes of at least 4 members (excludes halogenated alkanes) is 7. The van der Waals surface area contributed by atoms with E-state index in [9.17, 15) is 9.59 Å². The van der Waals surface area contributed by atoms with E-state index < -0.39 is 11.9 Å². The van der Waals surface area contributed by atoms with E-state index >= 15 is 0 Å². The smallest absolute Gasteiger partial charge is 0.331 e. The van der Waals surface area contributed by atoms with Crippen molar-refractivity contribution >= 4 is 11.9 Å². The maximum atomic E-state index is 11.4. The van der Waals surface area contributed by atoms with Gasteiger partial charge in [-0.2, -0.15) is 0 Å². The fourth-order valence-electron chi connectivity index (χ4n) is 2.04. The van der Waals surface area contributed by atoms with Gasteiger partial charge in [0, 0.05) is 12.2 Å². The Balaban J connectivity index is 3.48. The third kappa shape index (κ3) is 16.9. The minimum Gasteiger partial charge on any atom is -0.463 e. The molecule has 23 heavy (non-hydrogen) atoms. The van der Waals surface area contributed by atoms with Crippen LogP contribution in [0.2, 0.25) is 0 Å². The lowest BCUT2D eigenvalue weighted by Crippen LogP contribution is -2.07. The lowest BCUT2D eigenvalue weighted by atomic mass is 10.1. The molecule has 0 aromatic rings. The van der Waals surface area contributed by atoms with Crippen LogP contribution in [0.25, 0.3) is 0 Å². The summed E-state index contributed by atoms with van der Waals surface area (Å²) >= 11 is 0. The monoisotopic (exact) mass is 326 g/mol. The predicted molar refractivity (Wildman–Crippen MR) is 93.1 cm³/mol. The Labute approximate surface area is 141 Å². The molecule has 0 aliphatic carbocycles. The van der Waals surface area contributed by atoms with E-state index in [-0.39, 0.29) is 0 Å². The number of carbonyl (C=O) groups is 2. The molecule has 0 rings (SSSR count). The number of esters is 2. The van der Waals surface area contributed by atoms with E-state index in [1.165, 1.54) is 38.5 Å². The van der Waals surface area contributed by atoms with Crippen molar-refractivity contribution in [1.82, 2.24) is 0 Å². The van der Waals surface area contributed by atoms with Crippen LogP contribution in [0.4, 0.5) is 0 Å². The second-order valence-corrected chi connectivity index (χ2v) is 6.33. The Morgan fingerprint density at radius 2 is 1.26 bits per heavy atom. The van der Waals surface area contributed by atoms with Crippen molar-refractivity contribution in [1.29, 1.82) is 0 Å². The molecular formula is C19H34O4. The first-order chi connectivity index (χ1) is 11.1. The number of hydrogen-bond acceptors (Lipinski definition) is 4. The van der Waals surface area contributed by atoms with Gasteiger partial charge in [-0.25, -0.2) is 9.59 Å². The van der Waals surface area contributed by atoms with E-state index in [0.717, 1.165) is 31.4 Å². The Morgan fingerprint density at radius 3 is 1.78 bits per heavy atom. The zero-order valence-corrected chi connectivity index (χ0v) is 15.1. The molecule has 4 heteroatoms. The molecule has 0 amide bonds. The molecule has 0 heterocycles. The van der Waals surface area contributed by atoms with E-state index in [1.54, 1.807) is 0 Å². The van der Waals surface area contributed by atoms with E-state index in [1.807, 2.05) is 0 Å². The highest BCUT2D eigenvalue weighted by atomic mass is 16.5. The summed E-state index contributed by atoms with van der Waals surface area (Å²) in [5.74, 6) is -0.480. The molecule has 0 spiro atoms. The van der Waals surface area contributed by atoms with E-state index in [4.69, 9.17) is 9.47 Å². The third-order valence-corrected chi connectivity index (χ3v) is 3.54. The molecule has 0 atom stereocenters. The minimum atomic E-state index is -0.491. The summed E-state index contributed by atoms with van der Waals surface area (Å²) in [5, 5.41) is 0. The average Bonchev–Trinajstić information content (AvgIpc) is 2.51. The third-order valence-electron chi connectivity index (χ3n) is 3.54. The average molecular weight is 326 g/mol. The molecule has 4 nitrogen and oxygen atoms in total. The molecule has 0 fully saturated rings. The van der Waals surface area contributed by atoms with Crippen LogP contribution in [-0.4, -0.2) is 25.2 Å². The van der Waals surface area contributed by atoms with Crippen molar-refractivity contribution in [2.75, 3.05) is 13.2 Å². The van der Waals surface area contributed by atoms with Crippen LogP contribution in [-0.2, 0) is 19.1 Å². The van der Waals surface area contributed by atoms with Crippen molar-refractivity contribution in [2.45, 2.75) is 78.6 Å². The molecule has 0 bridgehead atoms. The van der Waals surface area contributed by atoms with E-state index in [0.29, 0.717) is 19.1 Å². The number of ether oxygens (including phenoxy) is 2. The highest BCUT2D eigenvalue weighted by Crippen LogP contribution is 2.08. The zero-order chi connectivity index (χ0) is 17.3. The van der Waals surface area contributed by atoms with Crippen LogP contribution in [0.5, 0.6) is 0 Å². The Morgan fingerprint density at radius 1 is 0.783 bits per heavy atom. The second kappa shape index (κ2) is 15.6. The summed E-state index contributed by atoms with van der Waals surface area (Å²) in [6.45, 7) is 7.14. The molecule has 0 unspecified atom stereocenters. The fourth-order valence-corrected chi connectivity index (χ4v) is 2.04. The van der Waals surface area contributed by atoms with Crippen LogP contribution >= 0.6 is 0 Å². The van der Waals surface area contributed by atoms with Crippen molar-refractivity contribution in [3.63, 3.8) is 0 Å². The van der Waals surface area contributed by atoms with Crippen molar-refractivity contribution in [3.8, 4) is 0 Å². The number of hydrogen-bond donors (Lipinski definition) is 0. The molecule has 0 N–H and O–H groups in total. The molecule has 134 valence electrons. The first-order valence-electron chi connectivity index (χ1n) is 9.07. The van der Waals surface area contributed by atoms with Crippen molar-refractivity contribution in [3.05, 3.63) is 12.2 Å². The lowest BCUT2D eigenvalue weighted by Gasteiger charge is -2.04.